The Morgan fingerprint density at radius 3 is 2.89 bits per heavy atom. The molecule has 0 saturated carbocycles. The summed E-state index contributed by atoms with van der Waals surface area (Å²) in [4.78, 5) is 10.7. The summed E-state index contributed by atoms with van der Waals surface area (Å²) in [6.07, 6.45) is 2.83. The zero-order valence-electron chi connectivity index (χ0n) is 15.5. The number of benzene rings is 2. The van der Waals surface area contributed by atoms with E-state index < -0.39 is 0 Å². The summed E-state index contributed by atoms with van der Waals surface area (Å²) in [5.41, 5.74) is 5.78. The van der Waals surface area contributed by atoms with E-state index in [1.165, 1.54) is 17.7 Å². The van der Waals surface area contributed by atoms with Crippen LogP contribution in [-0.2, 0) is 11.4 Å². The van der Waals surface area contributed by atoms with Crippen molar-refractivity contribution in [3.63, 3.8) is 0 Å². The number of rotatable bonds is 6. The molecule has 0 saturated heterocycles. The fourth-order valence-electron chi connectivity index (χ4n) is 3.60. The van der Waals surface area contributed by atoms with Crippen molar-refractivity contribution in [2.24, 2.45) is 0 Å². The quantitative estimate of drug-likeness (QED) is 0.578. The molecule has 0 atom stereocenters. The zero-order valence-corrected chi connectivity index (χ0v) is 15.5. The number of anilines is 1. The van der Waals surface area contributed by atoms with Gasteiger partial charge in [0.15, 0.2) is 0 Å². The van der Waals surface area contributed by atoms with E-state index >= 15 is 0 Å². The molecule has 5 heteroatoms. The number of aromatic nitrogens is 1. The van der Waals surface area contributed by atoms with Gasteiger partial charge >= 0.3 is 0 Å². The molecule has 0 bridgehead atoms. The minimum atomic E-state index is 0.0507. The average Bonchev–Trinajstić information content (AvgIpc) is 2.71. The number of aryl methyl sites for hydroxylation is 1. The van der Waals surface area contributed by atoms with Gasteiger partial charge in [0.1, 0.15) is 5.75 Å². The molecular formula is C22H23FN2O2. The second kappa shape index (κ2) is 7.92. The fraction of sp³-hybridized carbons (Fsp3) is 0.318. The highest BCUT2D eigenvalue weighted by Gasteiger charge is 2.14. The number of fused-ring (bicyclic) bond motifs is 2. The van der Waals surface area contributed by atoms with Crippen LogP contribution in [0.3, 0.4) is 0 Å². The Kier molecular flexibility index (Phi) is 5.21. The molecule has 1 aliphatic heterocycles. The third kappa shape index (κ3) is 3.88. The first-order valence-corrected chi connectivity index (χ1v) is 9.36. The summed E-state index contributed by atoms with van der Waals surface area (Å²) in [6.45, 7) is 1.59. The third-order valence-electron chi connectivity index (χ3n) is 5.02. The number of ether oxygens (including phenoxy) is 1. The van der Waals surface area contributed by atoms with E-state index in [-0.39, 0.29) is 6.61 Å². The molecule has 0 unspecified atom stereocenters. The molecule has 4 rings (SSSR count). The normalized spacial score (nSPS) is 13.6. The number of pyridine rings is 1. The van der Waals surface area contributed by atoms with E-state index in [0.717, 1.165) is 40.9 Å². The number of hydrogen-bond donors (Lipinski definition) is 0. The van der Waals surface area contributed by atoms with E-state index in [1.807, 2.05) is 18.2 Å². The van der Waals surface area contributed by atoms with Crippen molar-refractivity contribution in [1.82, 2.24) is 4.98 Å². The molecule has 2 aromatic carbocycles. The van der Waals surface area contributed by atoms with Crippen molar-refractivity contribution in [3.05, 3.63) is 54.1 Å². The molecule has 0 fully saturated rings. The van der Waals surface area contributed by atoms with Gasteiger partial charge in [-0.3, -0.25) is 0 Å². The maximum Gasteiger partial charge on any atom is 0.120 e. The Balaban J connectivity index is 1.57. The molecule has 2 heterocycles. The molecule has 3 aromatic rings. The second-order valence-electron chi connectivity index (χ2n) is 6.93. The average molecular weight is 366 g/mol. The van der Waals surface area contributed by atoms with Gasteiger partial charge in [0.25, 0.3) is 0 Å². The summed E-state index contributed by atoms with van der Waals surface area (Å²) in [5, 5.41) is 1.02. The number of nitrogens with zero attached hydrogens (tertiary/aromatic N) is 2. The summed E-state index contributed by atoms with van der Waals surface area (Å²) < 4.78 is 17.3. The van der Waals surface area contributed by atoms with E-state index in [4.69, 9.17) is 9.72 Å². The smallest absolute Gasteiger partial charge is 0.120 e. The minimum Gasteiger partial charge on any atom is -0.493 e. The minimum absolute atomic E-state index is 0.0507. The van der Waals surface area contributed by atoms with Gasteiger partial charge in [0.05, 0.1) is 24.4 Å². The van der Waals surface area contributed by atoms with E-state index in [9.17, 15) is 4.53 Å². The molecule has 0 aliphatic carbocycles. The zero-order chi connectivity index (χ0) is 18.6. The van der Waals surface area contributed by atoms with Crippen LogP contribution in [0.5, 0.6) is 5.75 Å². The lowest BCUT2D eigenvalue weighted by atomic mass is 9.98. The van der Waals surface area contributed by atoms with Crippen molar-refractivity contribution >= 4 is 16.6 Å². The van der Waals surface area contributed by atoms with E-state index in [0.29, 0.717) is 13.0 Å². The first-order valence-electron chi connectivity index (χ1n) is 9.36. The number of halogens is 1. The predicted molar refractivity (Wildman–Crippen MR) is 106 cm³/mol. The Hall–Kier alpha value is -2.66. The molecule has 0 radical (unpaired) electrons. The Morgan fingerprint density at radius 1 is 1.07 bits per heavy atom. The lowest BCUT2D eigenvalue weighted by Gasteiger charge is -2.27. The summed E-state index contributed by atoms with van der Waals surface area (Å²) in [6, 6.07) is 16.6. The van der Waals surface area contributed by atoms with Crippen molar-refractivity contribution in [2.45, 2.75) is 19.3 Å². The van der Waals surface area contributed by atoms with Gasteiger partial charge in [-0.15, -0.1) is 0 Å². The fourth-order valence-corrected chi connectivity index (χ4v) is 3.60. The van der Waals surface area contributed by atoms with Crippen LogP contribution in [0.25, 0.3) is 22.2 Å². The molecule has 0 spiro atoms. The molecule has 1 aliphatic rings. The molecule has 0 N–H and O–H groups in total. The molecule has 0 amide bonds. The maximum atomic E-state index is 11.7. The van der Waals surface area contributed by atoms with Gasteiger partial charge < -0.3 is 9.64 Å². The highest BCUT2D eigenvalue weighted by Crippen LogP contribution is 2.31. The van der Waals surface area contributed by atoms with Crippen LogP contribution in [0.15, 0.2) is 48.5 Å². The van der Waals surface area contributed by atoms with E-state index in [1.54, 1.807) is 0 Å². The monoisotopic (exact) mass is 366 g/mol. The van der Waals surface area contributed by atoms with Crippen molar-refractivity contribution in [1.29, 1.82) is 0 Å². The molecule has 4 nitrogen and oxygen atoms in total. The van der Waals surface area contributed by atoms with Crippen LogP contribution < -0.4 is 9.64 Å². The van der Waals surface area contributed by atoms with E-state index in [2.05, 4.69) is 47.2 Å². The van der Waals surface area contributed by atoms with Crippen LogP contribution in [0.1, 0.15) is 18.4 Å². The van der Waals surface area contributed by atoms with Crippen LogP contribution in [0.2, 0.25) is 0 Å². The van der Waals surface area contributed by atoms with Gasteiger partial charge in [-0.2, -0.15) is 4.94 Å². The maximum absolute atomic E-state index is 11.7. The standard InChI is InChI=1S/C22H23FN2O2/c1-25-11-2-4-18-14-16(6-10-22(18)25)20-8-5-17-15-19(7-9-21(17)24-20)26-12-3-13-27-23/h5-10,14-15H,2-4,11-13H2,1H3. The molecular weight excluding hydrogens is 343 g/mol. The molecule has 1 aromatic heterocycles. The predicted octanol–water partition coefficient (Wildman–Crippen LogP) is 4.95. The van der Waals surface area contributed by atoms with Gasteiger partial charge in [0.2, 0.25) is 0 Å². The van der Waals surface area contributed by atoms with Gasteiger partial charge in [0, 0.05) is 36.7 Å². The Labute approximate surface area is 158 Å². The molecule has 27 heavy (non-hydrogen) atoms. The lowest BCUT2D eigenvalue weighted by molar-refractivity contribution is -0.134. The lowest BCUT2D eigenvalue weighted by Crippen LogP contribution is -2.24. The van der Waals surface area contributed by atoms with Gasteiger partial charge in [-0.05, 0) is 59.3 Å². The largest absolute Gasteiger partial charge is 0.493 e. The van der Waals surface area contributed by atoms with Crippen LogP contribution in [0, 0.1) is 0 Å². The van der Waals surface area contributed by atoms with Gasteiger partial charge in [-0.25, -0.2) is 4.98 Å². The third-order valence-corrected chi connectivity index (χ3v) is 5.02. The van der Waals surface area contributed by atoms with Crippen LogP contribution >= 0.6 is 0 Å². The van der Waals surface area contributed by atoms with Crippen LogP contribution in [-0.4, -0.2) is 31.8 Å². The van der Waals surface area contributed by atoms with Crippen LogP contribution in [0.4, 0.5) is 10.2 Å². The second-order valence-corrected chi connectivity index (χ2v) is 6.93. The Bertz CT molecular complexity index is 945. The topological polar surface area (TPSA) is 34.6 Å². The van der Waals surface area contributed by atoms with Crippen molar-refractivity contribution < 1.29 is 14.2 Å². The van der Waals surface area contributed by atoms with Gasteiger partial charge in [-0.1, -0.05) is 12.1 Å². The summed E-state index contributed by atoms with van der Waals surface area (Å²) in [7, 11) is 2.15. The van der Waals surface area contributed by atoms with Crippen molar-refractivity contribution in [3.8, 4) is 17.0 Å². The SMILES string of the molecule is CN1CCCc2cc(-c3ccc4cc(OCCCOF)ccc4n3)ccc21. The Morgan fingerprint density at radius 2 is 2.00 bits per heavy atom. The van der Waals surface area contributed by atoms with Crippen molar-refractivity contribution in [2.75, 3.05) is 31.7 Å². The highest BCUT2D eigenvalue weighted by atomic mass is 19.3. The summed E-state index contributed by atoms with van der Waals surface area (Å²) in [5.74, 6) is 0.757. The first-order chi connectivity index (χ1) is 13.2. The number of hydrogen-bond acceptors (Lipinski definition) is 4. The summed E-state index contributed by atoms with van der Waals surface area (Å²) >= 11 is 0. The first kappa shape index (κ1) is 17.7. The highest BCUT2D eigenvalue weighted by molar-refractivity contribution is 5.83. The molecule has 140 valence electrons.